The van der Waals surface area contributed by atoms with Gasteiger partial charge in [0.15, 0.2) is 0 Å². The average molecular weight is 309 g/mol. The number of hydrogen-bond donors (Lipinski definition) is 2. The molecule has 0 aromatic heterocycles. The molecular weight excluding hydrogens is 295 g/mol. The van der Waals surface area contributed by atoms with Gasteiger partial charge in [-0.05, 0) is 35.9 Å². The van der Waals surface area contributed by atoms with Crippen molar-refractivity contribution in [3.05, 3.63) is 64.1 Å². The number of nitrogens with one attached hydrogen (secondary N) is 2. The van der Waals surface area contributed by atoms with Gasteiger partial charge in [-0.1, -0.05) is 41.4 Å². The lowest BCUT2D eigenvalue weighted by molar-refractivity contribution is -0.119. The summed E-state index contributed by atoms with van der Waals surface area (Å²) in [6, 6.07) is 14.6. The highest BCUT2D eigenvalue weighted by molar-refractivity contribution is 6.31. The molecule has 2 aromatic carbocycles. The minimum absolute atomic E-state index is 0.0973. The van der Waals surface area contributed by atoms with Crippen LogP contribution >= 0.6 is 23.2 Å². The molecular formula is C15H14Cl2N2O. The largest absolute Gasteiger partial charge is 0.376 e. The van der Waals surface area contributed by atoms with Crippen LogP contribution in [0.3, 0.4) is 0 Å². The lowest BCUT2D eigenvalue weighted by Gasteiger charge is -2.09. The number of carbonyl (C=O) groups is 1. The van der Waals surface area contributed by atoms with Crippen LogP contribution in [0.1, 0.15) is 5.56 Å². The third kappa shape index (κ3) is 4.44. The van der Waals surface area contributed by atoms with Gasteiger partial charge < -0.3 is 10.6 Å². The number of carbonyl (C=O) groups excluding carboxylic acids is 1. The molecule has 5 heteroatoms. The Bertz CT molecular complexity index is 585. The van der Waals surface area contributed by atoms with Crippen LogP contribution in [0.25, 0.3) is 0 Å². The molecule has 0 atom stereocenters. The first-order valence-corrected chi connectivity index (χ1v) is 6.90. The first kappa shape index (κ1) is 14.7. The van der Waals surface area contributed by atoms with Crippen molar-refractivity contribution in [3.63, 3.8) is 0 Å². The number of benzene rings is 2. The maximum absolute atomic E-state index is 11.7. The van der Waals surface area contributed by atoms with Gasteiger partial charge in [-0.25, -0.2) is 0 Å². The molecule has 2 N–H and O–H groups in total. The molecule has 0 saturated heterocycles. The average Bonchev–Trinajstić information content (AvgIpc) is 2.46. The van der Waals surface area contributed by atoms with Crippen LogP contribution in [0.4, 0.5) is 5.69 Å². The fraction of sp³-hybridized carbons (Fsp3) is 0.133. The summed E-state index contributed by atoms with van der Waals surface area (Å²) in [5.74, 6) is -0.0973. The third-order valence-electron chi connectivity index (χ3n) is 2.73. The van der Waals surface area contributed by atoms with E-state index in [0.717, 1.165) is 11.3 Å². The van der Waals surface area contributed by atoms with Crippen LogP contribution < -0.4 is 10.6 Å². The third-order valence-corrected chi connectivity index (χ3v) is 3.35. The molecule has 3 nitrogen and oxygen atoms in total. The predicted molar refractivity (Wildman–Crippen MR) is 83.2 cm³/mol. The van der Waals surface area contributed by atoms with E-state index in [1.54, 1.807) is 18.2 Å². The minimum atomic E-state index is -0.0973. The quantitative estimate of drug-likeness (QED) is 0.884. The van der Waals surface area contributed by atoms with Gasteiger partial charge in [0.25, 0.3) is 0 Å². The van der Waals surface area contributed by atoms with Gasteiger partial charge in [-0.3, -0.25) is 4.79 Å². The number of rotatable bonds is 5. The van der Waals surface area contributed by atoms with Crippen molar-refractivity contribution in [1.82, 2.24) is 5.32 Å². The summed E-state index contributed by atoms with van der Waals surface area (Å²) < 4.78 is 0. The van der Waals surface area contributed by atoms with Gasteiger partial charge in [0.2, 0.25) is 5.91 Å². The Kier molecular flexibility index (Phi) is 5.27. The van der Waals surface area contributed by atoms with Crippen LogP contribution in [0, 0.1) is 0 Å². The van der Waals surface area contributed by atoms with E-state index in [1.807, 2.05) is 30.3 Å². The fourth-order valence-corrected chi connectivity index (χ4v) is 1.98. The lowest BCUT2D eigenvalue weighted by Crippen LogP contribution is -2.29. The second-order valence-electron chi connectivity index (χ2n) is 4.23. The maximum Gasteiger partial charge on any atom is 0.239 e. The molecule has 1 amide bonds. The summed E-state index contributed by atoms with van der Waals surface area (Å²) >= 11 is 11.8. The van der Waals surface area contributed by atoms with E-state index in [9.17, 15) is 4.79 Å². The topological polar surface area (TPSA) is 41.1 Å². The Morgan fingerprint density at radius 1 is 1.00 bits per heavy atom. The van der Waals surface area contributed by atoms with Crippen LogP contribution in [0.5, 0.6) is 0 Å². The van der Waals surface area contributed by atoms with E-state index in [2.05, 4.69) is 10.6 Å². The van der Waals surface area contributed by atoms with E-state index < -0.39 is 0 Å². The van der Waals surface area contributed by atoms with Crippen molar-refractivity contribution in [3.8, 4) is 0 Å². The van der Waals surface area contributed by atoms with Gasteiger partial charge in [0.1, 0.15) is 0 Å². The minimum Gasteiger partial charge on any atom is -0.376 e. The van der Waals surface area contributed by atoms with Crippen molar-refractivity contribution in [2.45, 2.75) is 6.54 Å². The molecule has 104 valence electrons. The van der Waals surface area contributed by atoms with Gasteiger partial charge in [0.05, 0.1) is 6.54 Å². The highest BCUT2D eigenvalue weighted by Gasteiger charge is 2.03. The number of amides is 1. The molecule has 0 fully saturated rings. The fourth-order valence-electron chi connectivity index (χ4n) is 1.65. The SMILES string of the molecule is O=C(CNc1ccc(Cl)cc1)NCc1ccccc1Cl. The summed E-state index contributed by atoms with van der Waals surface area (Å²) in [5.41, 5.74) is 1.75. The van der Waals surface area contributed by atoms with Gasteiger partial charge in [-0.15, -0.1) is 0 Å². The molecule has 0 aliphatic rings. The molecule has 2 aromatic rings. The second-order valence-corrected chi connectivity index (χ2v) is 5.07. The Hall–Kier alpha value is -1.71. The van der Waals surface area contributed by atoms with Crippen LogP contribution in [-0.2, 0) is 11.3 Å². The van der Waals surface area contributed by atoms with Gasteiger partial charge in [-0.2, -0.15) is 0 Å². The molecule has 0 radical (unpaired) electrons. The zero-order chi connectivity index (χ0) is 14.4. The van der Waals surface area contributed by atoms with Crippen molar-refractivity contribution in [1.29, 1.82) is 0 Å². The predicted octanol–water partition coefficient (Wildman–Crippen LogP) is 3.72. The maximum atomic E-state index is 11.7. The van der Waals surface area contributed by atoms with Gasteiger partial charge >= 0.3 is 0 Å². The number of halogens is 2. The smallest absolute Gasteiger partial charge is 0.239 e. The zero-order valence-corrected chi connectivity index (χ0v) is 12.2. The lowest BCUT2D eigenvalue weighted by atomic mass is 10.2. The molecule has 0 spiro atoms. The van der Waals surface area contributed by atoms with E-state index in [1.165, 1.54) is 0 Å². The molecule has 0 aliphatic heterocycles. The summed E-state index contributed by atoms with van der Waals surface area (Å²) in [4.78, 5) is 11.7. The first-order valence-electron chi connectivity index (χ1n) is 6.15. The summed E-state index contributed by atoms with van der Waals surface area (Å²) in [5, 5.41) is 7.15. The summed E-state index contributed by atoms with van der Waals surface area (Å²) in [6.45, 7) is 0.618. The Balaban J connectivity index is 1.78. The highest BCUT2D eigenvalue weighted by atomic mass is 35.5. The van der Waals surface area contributed by atoms with Crippen molar-refractivity contribution in [2.75, 3.05) is 11.9 Å². The van der Waals surface area contributed by atoms with E-state index in [-0.39, 0.29) is 12.5 Å². The van der Waals surface area contributed by atoms with Crippen LogP contribution in [0.2, 0.25) is 10.0 Å². The summed E-state index contributed by atoms with van der Waals surface area (Å²) in [6.07, 6.45) is 0. The standard InChI is InChI=1S/C15H14Cl2N2O/c16-12-5-7-13(8-6-12)18-10-15(20)19-9-11-3-1-2-4-14(11)17/h1-8,18H,9-10H2,(H,19,20). The molecule has 0 unspecified atom stereocenters. The van der Waals surface area contributed by atoms with Crippen molar-refractivity contribution in [2.24, 2.45) is 0 Å². The van der Waals surface area contributed by atoms with Crippen LogP contribution in [-0.4, -0.2) is 12.5 Å². The van der Waals surface area contributed by atoms with E-state index >= 15 is 0 Å². The molecule has 2 rings (SSSR count). The molecule has 0 aliphatic carbocycles. The van der Waals surface area contributed by atoms with E-state index in [4.69, 9.17) is 23.2 Å². The molecule has 0 saturated carbocycles. The second kappa shape index (κ2) is 7.17. The zero-order valence-electron chi connectivity index (χ0n) is 10.7. The molecule has 0 bridgehead atoms. The van der Waals surface area contributed by atoms with Gasteiger partial charge in [0, 0.05) is 22.3 Å². The monoisotopic (exact) mass is 308 g/mol. The normalized spacial score (nSPS) is 10.1. The van der Waals surface area contributed by atoms with E-state index in [0.29, 0.717) is 16.6 Å². The van der Waals surface area contributed by atoms with Crippen molar-refractivity contribution >= 4 is 34.8 Å². The molecule has 0 heterocycles. The first-order chi connectivity index (χ1) is 9.65. The van der Waals surface area contributed by atoms with Crippen LogP contribution in [0.15, 0.2) is 48.5 Å². The molecule has 20 heavy (non-hydrogen) atoms. The number of hydrogen-bond acceptors (Lipinski definition) is 2. The Morgan fingerprint density at radius 2 is 1.70 bits per heavy atom. The summed E-state index contributed by atoms with van der Waals surface area (Å²) in [7, 11) is 0. The number of anilines is 1. The Morgan fingerprint density at radius 3 is 2.40 bits per heavy atom. The highest BCUT2D eigenvalue weighted by Crippen LogP contribution is 2.14. The Labute approximate surface area is 127 Å². The van der Waals surface area contributed by atoms with Crippen molar-refractivity contribution < 1.29 is 4.79 Å².